The summed E-state index contributed by atoms with van der Waals surface area (Å²) < 4.78 is 27.2. The molecule has 0 bridgehead atoms. The van der Waals surface area contributed by atoms with Gasteiger partial charge < -0.3 is 5.32 Å². The van der Waals surface area contributed by atoms with Crippen LogP contribution in [0.2, 0.25) is 5.02 Å². The third kappa shape index (κ3) is 3.56. The van der Waals surface area contributed by atoms with E-state index in [-0.39, 0.29) is 17.7 Å². The van der Waals surface area contributed by atoms with Gasteiger partial charge in [0.25, 0.3) is 0 Å². The molecule has 1 unspecified atom stereocenters. The van der Waals surface area contributed by atoms with Gasteiger partial charge >= 0.3 is 0 Å². The highest BCUT2D eigenvalue weighted by Crippen LogP contribution is 2.26. The second-order valence-electron chi connectivity index (χ2n) is 4.57. The molecule has 0 fully saturated rings. The minimum atomic E-state index is -0.336. The maximum Gasteiger partial charge on any atom is 0.127 e. The van der Waals surface area contributed by atoms with E-state index in [1.165, 1.54) is 18.2 Å². The van der Waals surface area contributed by atoms with Crippen LogP contribution in [-0.2, 0) is 6.42 Å². The predicted molar refractivity (Wildman–Crippen MR) is 77.9 cm³/mol. The van der Waals surface area contributed by atoms with Gasteiger partial charge in [-0.15, -0.1) is 0 Å². The van der Waals surface area contributed by atoms with Crippen LogP contribution >= 0.6 is 11.6 Å². The summed E-state index contributed by atoms with van der Waals surface area (Å²) >= 11 is 6.05. The molecule has 4 heteroatoms. The first kappa shape index (κ1) is 14.9. The Kier molecular flexibility index (Phi) is 5.10. The fraction of sp³-hybridized carbons (Fsp3) is 0.250. The van der Waals surface area contributed by atoms with Crippen LogP contribution in [0.3, 0.4) is 0 Å². The molecule has 0 spiro atoms. The molecule has 2 rings (SSSR count). The van der Waals surface area contributed by atoms with Gasteiger partial charge in [-0.3, -0.25) is 0 Å². The summed E-state index contributed by atoms with van der Waals surface area (Å²) in [6.45, 7) is 2.66. The third-order valence-electron chi connectivity index (χ3n) is 3.17. The Hall–Kier alpha value is -1.45. The Bertz CT molecular complexity index is 566. The molecule has 20 heavy (non-hydrogen) atoms. The molecule has 1 atom stereocenters. The number of hydrogen-bond donors (Lipinski definition) is 1. The first-order valence-corrected chi connectivity index (χ1v) is 6.91. The second kappa shape index (κ2) is 6.82. The Morgan fingerprint density at radius 3 is 2.55 bits per heavy atom. The quantitative estimate of drug-likeness (QED) is 0.855. The molecule has 0 aliphatic rings. The van der Waals surface area contributed by atoms with E-state index in [0.717, 1.165) is 5.56 Å². The normalized spacial score (nSPS) is 12.4. The molecule has 0 saturated heterocycles. The van der Waals surface area contributed by atoms with E-state index in [1.54, 1.807) is 18.2 Å². The molecule has 2 aromatic rings. The molecule has 0 aliphatic carbocycles. The molecule has 0 aliphatic heterocycles. The zero-order chi connectivity index (χ0) is 14.5. The Balaban J connectivity index is 2.30. The summed E-state index contributed by atoms with van der Waals surface area (Å²) in [7, 11) is 0. The fourth-order valence-electron chi connectivity index (χ4n) is 2.21. The van der Waals surface area contributed by atoms with E-state index in [4.69, 9.17) is 11.6 Å². The SMILES string of the molecule is CCNC(Cc1c(F)cccc1Cl)c1cccc(F)c1. The van der Waals surface area contributed by atoms with Crippen molar-refractivity contribution in [1.82, 2.24) is 5.32 Å². The number of rotatable bonds is 5. The van der Waals surface area contributed by atoms with Crippen LogP contribution in [0.1, 0.15) is 24.1 Å². The van der Waals surface area contributed by atoms with Gasteiger partial charge in [-0.25, -0.2) is 8.78 Å². The van der Waals surface area contributed by atoms with Gasteiger partial charge in [0.2, 0.25) is 0 Å². The number of hydrogen-bond acceptors (Lipinski definition) is 1. The van der Waals surface area contributed by atoms with Crippen molar-refractivity contribution in [2.24, 2.45) is 0 Å². The standard InChI is InChI=1S/C16H16ClF2N/c1-2-20-16(11-5-3-6-12(18)9-11)10-13-14(17)7-4-8-15(13)19/h3-9,16,20H,2,10H2,1H3. The molecule has 106 valence electrons. The molecule has 0 aromatic heterocycles. The van der Waals surface area contributed by atoms with Crippen molar-refractivity contribution in [3.05, 3.63) is 70.2 Å². The Morgan fingerprint density at radius 2 is 1.90 bits per heavy atom. The maximum atomic E-state index is 13.9. The average Bonchev–Trinajstić information content (AvgIpc) is 2.42. The molecule has 1 nitrogen and oxygen atoms in total. The van der Waals surface area contributed by atoms with E-state index in [2.05, 4.69) is 5.32 Å². The lowest BCUT2D eigenvalue weighted by atomic mass is 9.98. The van der Waals surface area contributed by atoms with Crippen LogP contribution in [-0.4, -0.2) is 6.54 Å². The summed E-state index contributed by atoms with van der Waals surface area (Å²) in [4.78, 5) is 0. The van der Waals surface area contributed by atoms with Crippen LogP contribution in [0.5, 0.6) is 0 Å². The highest BCUT2D eigenvalue weighted by atomic mass is 35.5. The Labute approximate surface area is 122 Å². The maximum absolute atomic E-state index is 13.9. The molecule has 0 amide bonds. The van der Waals surface area contributed by atoms with E-state index in [9.17, 15) is 8.78 Å². The van der Waals surface area contributed by atoms with E-state index < -0.39 is 0 Å². The van der Waals surface area contributed by atoms with Gasteiger partial charge in [-0.05, 0) is 42.8 Å². The highest BCUT2D eigenvalue weighted by molar-refractivity contribution is 6.31. The monoisotopic (exact) mass is 295 g/mol. The summed E-state index contributed by atoms with van der Waals surface area (Å²) in [6, 6.07) is 10.8. The van der Waals surface area contributed by atoms with E-state index >= 15 is 0 Å². The number of benzene rings is 2. The fourth-order valence-corrected chi connectivity index (χ4v) is 2.45. The molecule has 0 saturated carbocycles. The van der Waals surface area contributed by atoms with Gasteiger partial charge in [-0.2, -0.15) is 0 Å². The van der Waals surface area contributed by atoms with Crippen molar-refractivity contribution in [2.75, 3.05) is 6.54 Å². The molecule has 0 heterocycles. The summed E-state index contributed by atoms with van der Waals surface area (Å²) in [6.07, 6.45) is 0.378. The second-order valence-corrected chi connectivity index (χ2v) is 4.98. The van der Waals surface area contributed by atoms with Crippen molar-refractivity contribution in [3.8, 4) is 0 Å². The van der Waals surface area contributed by atoms with Crippen LogP contribution in [0, 0.1) is 11.6 Å². The van der Waals surface area contributed by atoms with Crippen molar-refractivity contribution in [2.45, 2.75) is 19.4 Å². The van der Waals surface area contributed by atoms with Gasteiger partial charge in [0.05, 0.1) is 0 Å². The van der Waals surface area contributed by atoms with Gasteiger partial charge in [0.1, 0.15) is 11.6 Å². The molecule has 0 radical (unpaired) electrons. The first-order chi connectivity index (χ1) is 9.61. The van der Waals surface area contributed by atoms with Crippen molar-refractivity contribution in [3.63, 3.8) is 0 Å². The summed E-state index contributed by atoms with van der Waals surface area (Å²) in [5.41, 5.74) is 1.23. The zero-order valence-corrected chi connectivity index (χ0v) is 11.9. The first-order valence-electron chi connectivity index (χ1n) is 6.53. The summed E-state index contributed by atoms with van der Waals surface area (Å²) in [5.74, 6) is -0.637. The predicted octanol–water partition coefficient (Wildman–Crippen LogP) is 4.51. The van der Waals surface area contributed by atoms with Crippen molar-refractivity contribution < 1.29 is 8.78 Å². The van der Waals surface area contributed by atoms with Crippen LogP contribution in [0.15, 0.2) is 42.5 Å². The molecule has 2 aromatic carbocycles. The molecular formula is C16H16ClF2N. The number of halogens is 3. The zero-order valence-electron chi connectivity index (χ0n) is 11.2. The van der Waals surface area contributed by atoms with Crippen molar-refractivity contribution in [1.29, 1.82) is 0 Å². The minimum Gasteiger partial charge on any atom is -0.310 e. The number of likely N-dealkylation sites (N-methyl/N-ethyl adjacent to an activating group) is 1. The van der Waals surface area contributed by atoms with Crippen LogP contribution < -0.4 is 5.32 Å². The smallest absolute Gasteiger partial charge is 0.127 e. The van der Waals surface area contributed by atoms with Gasteiger partial charge in [-0.1, -0.05) is 36.7 Å². The lowest BCUT2D eigenvalue weighted by Crippen LogP contribution is -2.23. The van der Waals surface area contributed by atoms with Crippen molar-refractivity contribution >= 4 is 11.6 Å². The third-order valence-corrected chi connectivity index (χ3v) is 3.53. The minimum absolute atomic E-state index is 0.176. The highest BCUT2D eigenvalue weighted by Gasteiger charge is 2.16. The summed E-state index contributed by atoms with van der Waals surface area (Å²) in [5, 5.41) is 3.63. The molecule has 1 N–H and O–H groups in total. The lowest BCUT2D eigenvalue weighted by Gasteiger charge is -2.19. The van der Waals surface area contributed by atoms with E-state index in [1.807, 2.05) is 13.0 Å². The van der Waals surface area contributed by atoms with Gasteiger partial charge in [0.15, 0.2) is 0 Å². The average molecular weight is 296 g/mol. The van der Waals surface area contributed by atoms with Crippen LogP contribution in [0.25, 0.3) is 0 Å². The molecular weight excluding hydrogens is 280 g/mol. The van der Waals surface area contributed by atoms with Gasteiger partial charge in [0, 0.05) is 16.6 Å². The Morgan fingerprint density at radius 1 is 1.15 bits per heavy atom. The van der Waals surface area contributed by atoms with E-state index in [0.29, 0.717) is 23.6 Å². The van der Waals surface area contributed by atoms with Crippen LogP contribution in [0.4, 0.5) is 8.78 Å². The topological polar surface area (TPSA) is 12.0 Å². The largest absolute Gasteiger partial charge is 0.310 e. The lowest BCUT2D eigenvalue weighted by molar-refractivity contribution is 0.524. The number of nitrogens with one attached hydrogen (secondary N) is 1.